The van der Waals surface area contributed by atoms with E-state index in [2.05, 4.69) is 44.5 Å². The van der Waals surface area contributed by atoms with Gasteiger partial charge in [0.1, 0.15) is 11.1 Å². The second kappa shape index (κ2) is 10.9. The smallest absolute Gasteiger partial charge is 0.410 e. The summed E-state index contributed by atoms with van der Waals surface area (Å²) in [6, 6.07) is 10.5. The highest BCUT2D eigenvalue weighted by Crippen LogP contribution is 2.28. The molecule has 0 saturated carbocycles. The van der Waals surface area contributed by atoms with Crippen LogP contribution in [0.2, 0.25) is 0 Å². The lowest BCUT2D eigenvalue weighted by Crippen LogP contribution is -2.44. The lowest BCUT2D eigenvalue weighted by Gasteiger charge is -2.34. The highest BCUT2D eigenvalue weighted by molar-refractivity contribution is 5.88. The van der Waals surface area contributed by atoms with Gasteiger partial charge in [-0.2, -0.15) is 0 Å². The number of anilines is 2. The second-order valence-corrected chi connectivity index (χ2v) is 10.7. The molecule has 1 amide bonds. The fourth-order valence-electron chi connectivity index (χ4n) is 4.87. The van der Waals surface area contributed by atoms with Crippen molar-refractivity contribution in [2.45, 2.75) is 39.2 Å². The number of rotatable bonds is 5. The van der Waals surface area contributed by atoms with E-state index in [0.717, 1.165) is 68.0 Å². The maximum Gasteiger partial charge on any atom is 0.410 e. The number of fused-ring (bicyclic) bond motifs is 1. The molecule has 2 saturated heterocycles. The molecule has 2 aromatic heterocycles. The van der Waals surface area contributed by atoms with Crippen LogP contribution in [0.5, 0.6) is 0 Å². The molecule has 2 fully saturated rings. The van der Waals surface area contributed by atoms with Crippen molar-refractivity contribution in [1.82, 2.24) is 19.9 Å². The van der Waals surface area contributed by atoms with Gasteiger partial charge in [0.25, 0.3) is 0 Å². The van der Waals surface area contributed by atoms with Crippen LogP contribution in [-0.2, 0) is 9.47 Å². The van der Waals surface area contributed by atoms with Gasteiger partial charge in [-0.05, 0) is 57.7 Å². The van der Waals surface area contributed by atoms with Crippen molar-refractivity contribution in [2.75, 3.05) is 56.2 Å². The standard InChI is InChI=1S/C28H36N6O3/c1-28(2,3)37-27(35)34-12-4-5-20(19-34)18-31-26-25-24(29-10-11-30-25)17-23(32-26)21-6-8-22(9-7-21)33-13-15-36-16-14-33/h6-11,17,20H,4-5,12-16,18-19H2,1-3H3,(H,31,32)/t20-/m0/s1. The summed E-state index contributed by atoms with van der Waals surface area (Å²) in [6.45, 7) is 11.1. The molecule has 9 heteroatoms. The molecule has 196 valence electrons. The van der Waals surface area contributed by atoms with Gasteiger partial charge in [0.2, 0.25) is 0 Å². The second-order valence-electron chi connectivity index (χ2n) is 10.7. The van der Waals surface area contributed by atoms with E-state index in [1.54, 1.807) is 12.4 Å². The van der Waals surface area contributed by atoms with Crippen LogP contribution in [0.3, 0.4) is 0 Å². The average molecular weight is 505 g/mol. The highest BCUT2D eigenvalue weighted by atomic mass is 16.6. The number of hydrogen-bond acceptors (Lipinski definition) is 8. The van der Waals surface area contributed by atoms with Crippen LogP contribution < -0.4 is 10.2 Å². The first-order valence-corrected chi connectivity index (χ1v) is 13.1. The summed E-state index contributed by atoms with van der Waals surface area (Å²) in [5, 5.41) is 3.52. The molecular weight excluding hydrogens is 468 g/mol. The molecular formula is C28H36N6O3. The van der Waals surface area contributed by atoms with Crippen molar-refractivity contribution in [3.8, 4) is 11.3 Å². The van der Waals surface area contributed by atoms with Crippen molar-refractivity contribution in [1.29, 1.82) is 0 Å². The van der Waals surface area contributed by atoms with Crippen LogP contribution >= 0.6 is 0 Å². The van der Waals surface area contributed by atoms with E-state index in [-0.39, 0.29) is 6.09 Å². The Kier molecular flexibility index (Phi) is 7.41. The van der Waals surface area contributed by atoms with Gasteiger partial charge >= 0.3 is 6.09 Å². The van der Waals surface area contributed by atoms with E-state index in [9.17, 15) is 4.79 Å². The van der Waals surface area contributed by atoms with E-state index < -0.39 is 5.60 Å². The Bertz CT molecular complexity index is 1220. The summed E-state index contributed by atoms with van der Waals surface area (Å²) >= 11 is 0. The summed E-state index contributed by atoms with van der Waals surface area (Å²) in [7, 11) is 0. The van der Waals surface area contributed by atoms with E-state index >= 15 is 0 Å². The van der Waals surface area contributed by atoms with Crippen LogP contribution in [0.4, 0.5) is 16.3 Å². The number of amides is 1. The quantitative estimate of drug-likeness (QED) is 0.540. The van der Waals surface area contributed by atoms with Gasteiger partial charge in [-0.3, -0.25) is 4.98 Å². The number of pyridine rings is 1. The maximum atomic E-state index is 12.6. The van der Waals surface area contributed by atoms with Crippen LogP contribution in [0, 0.1) is 5.92 Å². The third-order valence-corrected chi connectivity index (χ3v) is 6.72. The summed E-state index contributed by atoms with van der Waals surface area (Å²) in [5.41, 5.74) is 4.12. The van der Waals surface area contributed by atoms with Crippen molar-refractivity contribution < 1.29 is 14.3 Å². The fraction of sp³-hybridized carbons (Fsp3) is 0.500. The summed E-state index contributed by atoms with van der Waals surface area (Å²) in [5.74, 6) is 1.01. The molecule has 37 heavy (non-hydrogen) atoms. The Balaban J connectivity index is 1.31. The first kappa shape index (κ1) is 25.2. The molecule has 2 aliphatic rings. The molecule has 0 radical (unpaired) electrons. The zero-order valence-electron chi connectivity index (χ0n) is 21.9. The highest BCUT2D eigenvalue weighted by Gasteiger charge is 2.27. The normalized spacial score (nSPS) is 18.6. The number of hydrogen-bond donors (Lipinski definition) is 1. The lowest BCUT2D eigenvalue weighted by molar-refractivity contribution is 0.0172. The molecule has 0 bridgehead atoms. The van der Waals surface area contributed by atoms with Gasteiger partial charge < -0.3 is 24.6 Å². The fourth-order valence-corrected chi connectivity index (χ4v) is 4.87. The Labute approximate surface area is 218 Å². The predicted molar refractivity (Wildman–Crippen MR) is 145 cm³/mol. The Morgan fingerprint density at radius 2 is 1.86 bits per heavy atom. The minimum atomic E-state index is -0.495. The van der Waals surface area contributed by atoms with Crippen LogP contribution in [0.1, 0.15) is 33.6 Å². The minimum absolute atomic E-state index is 0.242. The number of carbonyl (C=O) groups is 1. The number of nitrogens with one attached hydrogen (secondary N) is 1. The first-order chi connectivity index (χ1) is 17.9. The average Bonchev–Trinajstić information content (AvgIpc) is 2.91. The SMILES string of the molecule is CC(C)(C)OC(=O)N1CCC[C@@H](CNc2nc(-c3ccc(N4CCOCC4)cc3)cc3nccnc23)C1. The molecule has 2 aliphatic heterocycles. The summed E-state index contributed by atoms with van der Waals surface area (Å²) in [4.78, 5) is 30.8. The summed E-state index contributed by atoms with van der Waals surface area (Å²) in [6.07, 6.45) is 5.15. The molecule has 1 N–H and O–H groups in total. The van der Waals surface area contributed by atoms with Crippen molar-refractivity contribution in [3.63, 3.8) is 0 Å². The number of ether oxygens (including phenoxy) is 2. The number of aromatic nitrogens is 3. The van der Waals surface area contributed by atoms with Crippen LogP contribution in [-0.4, -0.2) is 77.5 Å². The first-order valence-electron chi connectivity index (χ1n) is 13.1. The molecule has 4 heterocycles. The van der Waals surface area contributed by atoms with E-state index in [1.807, 2.05) is 31.7 Å². The lowest BCUT2D eigenvalue weighted by atomic mass is 9.98. The number of benzene rings is 1. The van der Waals surface area contributed by atoms with E-state index in [0.29, 0.717) is 24.8 Å². The Hall–Kier alpha value is -3.46. The molecule has 1 atom stereocenters. The Morgan fingerprint density at radius 1 is 1.11 bits per heavy atom. The molecule has 0 spiro atoms. The van der Waals surface area contributed by atoms with E-state index in [1.165, 1.54) is 5.69 Å². The van der Waals surface area contributed by atoms with Gasteiger partial charge in [-0.15, -0.1) is 0 Å². The monoisotopic (exact) mass is 504 g/mol. The third-order valence-electron chi connectivity index (χ3n) is 6.72. The zero-order valence-corrected chi connectivity index (χ0v) is 21.9. The number of piperidine rings is 1. The molecule has 0 unspecified atom stereocenters. The summed E-state index contributed by atoms with van der Waals surface area (Å²) < 4.78 is 11.1. The van der Waals surface area contributed by atoms with E-state index in [4.69, 9.17) is 14.5 Å². The van der Waals surface area contributed by atoms with Gasteiger partial charge in [-0.1, -0.05) is 12.1 Å². The number of likely N-dealkylation sites (tertiary alicyclic amines) is 1. The molecule has 0 aliphatic carbocycles. The molecule has 5 rings (SSSR count). The topological polar surface area (TPSA) is 92.7 Å². The Morgan fingerprint density at radius 3 is 2.62 bits per heavy atom. The van der Waals surface area contributed by atoms with Crippen LogP contribution in [0.25, 0.3) is 22.3 Å². The van der Waals surface area contributed by atoms with Crippen molar-refractivity contribution >= 4 is 28.6 Å². The predicted octanol–water partition coefficient (Wildman–Crippen LogP) is 4.59. The van der Waals surface area contributed by atoms with Crippen molar-refractivity contribution in [3.05, 3.63) is 42.7 Å². The molecule has 9 nitrogen and oxygen atoms in total. The minimum Gasteiger partial charge on any atom is -0.444 e. The largest absolute Gasteiger partial charge is 0.444 e. The van der Waals surface area contributed by atoms with Crippen molar-refractivity contribution in [2.24, 2.45) is 5.92 Å². The van der Waals surface area contributed by atoms with Gasteiger partial charge in [-0.25, -0.2) is 14.8 Å². The van der Waals surface area contributed by atoms with Gasteiger partial charge in [0, 0.05) is 56.4 Å². The number of carbonyl (C=O) groups excluding carboxylic acids is 1. The maximum absolute atomic E-state index is 12.6. The number of morpholine rings is 1. The zero-order chi connectivity index (χ0) is 25.8. The molecule has 3 aromatic rings. The molecule has 1 aromatic carbocycles. The number of nitrogens with zero attached hydrogens (tertiary/aromatic N) is 5. The van der Waals surface area contributed by atoms with Crippen LogP contribution in [0.15, 0.2) is 42.7 Å². The van der Waals surface area contributed by atoms with Gasteiger partial charge in [0.15, 0.2) is 5.82 Å². The van der Waals surface area contributed by atoms with Gasteiger partial charge in [0.05, 0.1) is 24.4 Å². The third kappa shape index (κ3) is 6.28.